The van der Waals surface area contributed by atoms with E-state index in [-0.39, 0.29) is 17.9 Å². The minimum Gasteiger partial charge on any atom is -0.392 e. The Kier molecular flexibility index (Phi) is 9.87. The molecular weight excluding hydrogens is 364 g/mol. The summed E-state index contributed by atoms with van der Waals surface area (Å²) in [6.07, 6.45) is 12.8. The first kappa shape index (κ1) is 24.1. The fraction of sp³-hybridized carbons (Fsp3) is 0.792. The summed E-state index contributed by atoms with van der Waals surface area (Å²) in [5.74, 6) is 1.65. The predicted octanol–water partition coefficient (Wildman–Crippen LogP) is 3.13. The number of unbranched alkanes of at least 4 members (excludes halogenated alkanes) is 1. The SMILES string of the molecule is CCCC[C@H](C)C[C@H](O)/C=C/[C@@H]1[C@H]2CC(CCNCC(=O)N(C)C)=C[C@H]2C[C@H]1O. The molecule has 0 aromatic rings. The molecule has 1 amide bonds. The molecule has 0 unspecified atom stereocenters. The third-order valence-electron chi connectivity index (χ3n) is 6.60. The highest BCUT2D eigenvalue weighted by Gasteiger charge is 2.43. The normalized spacial score (nSPS) is 28.4. The monoisotopic (exact) mass is 406 g/mol. The van der Waals surface area contributed by atoms with E-state index in [9.17, 15) is 15.0 Å². The summed E-state index contributed by atoms with van der Waals surface area (Å²) in [6, 6.07) is 0. The van der Waals surface area contributed by atoms with Crippen molar-refractivity contribution in [3.05, 3.63) is 23.8 Å². The largest absolute Gasteiger partial charge is 0.392 e. The van der Waals surface area contributed by atoms with E-state index in [0.717, 1.165) is 32.2 Å². The van der Waals surface area contributed by atoms with Gasteiger partial charge in [-0.3, -0.25) is 4.79 Å². The number of carbonyl (C=O) groups is 1. The molecular formula is C24H42N2O3. The molecule has 0 heterocycles. The van der Waals surface area contributed by atoms with Gasteiger partial charge in [-0.1, -0.05) is 56.9 Å². The van der Waals surface area contributed by atoms with Crippen LogP contribution in [0.2, 0.25) is 0 Å². The van der Waals surface area contributed by atoms with Crippen molar-refractivity contribution in [2.24, 2.45) is 23.7 Å². The first-order valence-corrected chi connectivity index (χ1v) is 11.5. The maximum absolute atomic E-state index is 11.6. The van der Waals surface area contributed by atoms with Crippen LogP contribution in [0.15, 0.2) is 23.8 Å². The summed E-state index contributed by atoms with van der Waals surface area (Å²) in [7, 11) is 3.54. The molecule has 3 N–H and O–H groups in total. The lowest BCUT2D eigenvalue weighted by Crippen LogP contribution is -2.33. The third-order valence-corrected chi connectivity index (χ3v) is 6.60. The number of likely N-dealkylation sites (N-methyl/N-ethyl adjacent to an activating group) is 1. The summed E-state index contributed by atoms with van der Waals surface area (Å²) in [6.45, 7) is 5.60. The van der Waals surface area contributed by atoms with Gasteiger partial charge in [0, 0.05) is 20.0 Å². The highest BCUT2D eigenvalue weighted by atomic mass is 16.3. The average Bonchev–Trinajstić information content (AvgIpc) is 3.17. The third kappa shape index (κ3) is 7.54. The Balaban J connectivity index is 1.77. The minimum atomic E-state index is -0.416. The Bertz CT molecular complexity index is 572. The quantitative estimate of drug-likeness (QED) is 0.344. The smallest absolute Gasteiger partial charge is 0.236 e. The molecule has 0 aromatic carbocycles. The van der Waals surface area contributed by atoms with Crippen LogP contribution < -0.4 is 5.32 Å². The lowest BCUT2D eigenvalue weighted by atomic mass is 9.88. The number of amides is 1. The first-order valence-electron chi connectivity index (χ1n) is 11.5. The number of aliphatic hydroxyl groups is 2. The Labute approximate surface area is 177 Å². The van der Waals surface area contributed by atoms with E-state index in [1.54, 1.807) is 19.0 Å². The van der Waals surface area contributed by atoms with E-state index in [1.807, 2.05) is 6.08 Å². The Morgan fingerprint density at radius 1 is 1.41 bits per heavy atom. The maximum Gasteiger partial charge on any atom is 0.236 e. The topological polar surface area (TPSA) is 72.8 Å². The average molecular weight is 407 g/mol. The van der Waals surface area contributed by atoms with Gasteiger partial charge < -0.3 is 20.4 Å². The van der Waals surface area contributed by atoms with Crippen molar-refractivity contribution in [2.45, 2.75) is 71.0 Å². The molecule has 0 aromatic heterocycles. The molecule has 5 heteroatoms. The van der Waals surface area contributed by atoms with Crippen molar-refractivity contribution in [3.63, 3.8) is 0 Å². The summed E-state index contributed by atoms with van der Waals surface area (Å²) in [4.78, 5) is 13.2. The Morgan fingerprint density at radius 3 is 2.86 bits per heavy atom. The van der Waals surface area contributed by atoms with Gasteiger partial charge in [-0.2, -0.15) is 0 Å². The lowest BCUT2D eigenvalue weighted by Gasteiger charge is -2.19. The lowest BCUT2D eigenvalue weighted by molar-refractivity contribution is -0.127. The van der Waals surface area contributed by atoms with Crippen molar-refractivity contribution >= 4 is 5.91 Å². The van der Waals surface area contributed by atoms with Crippen LogP contribution in [-0.2, 0) is 4.79 Å². The van der Waals surface area contributed by atoms with Crippen LogP contribution in [0.4, 0.5) is 0 Å². The number of rotatable bonds is 12. The molecule has 0 spiro atoms. The number of carbonyl (C=O) groups excluding carboxylic acids is 1. The summed E-state index contributed by atoms with van der Waals surface area (Å²) < 4.78 is 0. The number of nitrogens with zero attached hydrogens (tertiary/aromatic N) is 1. The highest BCUT2D eigenvalue weighted by molar-refractivity contribution is 5.77. The van der Waals surface area contributed by atoms with Gasteiger partial charge in [0.25, 0.3) is 0 Å². The van der Waals surface area contributed by atoms with Crippen molar-refractivity contribution in [3.8, 4) is 0 Å². The Morgan fingerprint density at radius 2 is 2.17 bits per heavy atom. The molecule has 0 saturated heterocycles. The van der Waals surface area contributed by atoms with Gasteiger partial charge in [0.05, 0.1) is 18.8 Å². The van der Waals surface area contributed by atoms with Crippen LogP contribution in [0.1, 0.15) is 58.8 Å². The molecule has 2 rings (SSSR count). The van der Waals surface area contributed by atoms with Crippen LogP contribution in [0.3, 0.4) is 0 Å². The van der Waals surface area contributed by atoms with Gasteiger partial charge in [0.1, 0.15) is 0 Å². The standard InChI is InChI=1S/C24H42N2O3/c1-5-6-7-17(2)12-20(27)8-9-21-22-14-18(13-19(22)15-23(21)28)10-11-25-16-24(29)26(3)4/h8-9,13,17,19-23,25,27-28H,5-7,10-12,14-16H2,1-4H3/b9-8+/t17-,19-,20+,21+,22-,23+/m0/s1. The number of aliphatic hydroxyl groups excluding tert-OH is 2. The fourth-order valence-corrected chi connectivity index (χ4v) is 4.81. The molecule has 2 aliphatic carbocycles. The molecule has 0 bridgehead atoms. The molecule has 166 valence electrons. The second-order valence-electron chi connectivity index (χ2n) is 9.39. The van der Waals surface area contributed by atoms with Gasteiger partial charge in [-0.15, -0.1) is 0 Å². The van der Waals surface area contributed by atoms with E-state index < -0.39 is 6.10 Å². The van der Waals surface area contributed by atoms with Gasteiger partial charge in [0.15, 0.2) is 0 Å². The van der Waals surface area contributed by atoms with Gasteiger partial charge in [0.2, 0.25) is 5.91 Å². The summed E-state index contributed by atoms with van der Waals surface area (Å²) in [5.41, 5.74) is 1.43. The first-order chi connectivity index (χ1) is 13.8. The van der Waals surface area contributed by atoms with Crippen LogP contribution in [0, 0.1) is 23.7 Å². The summed E-state index contributed by atoms with van der Waals surface area (Å²) in [5, 5.41) is 24.1. The van der Waals surface area contributed by atoms with Crippen LogP contribution in [-0.4, -0.2) is 60.4 Å². The molecule has 1 saturated carbocycles. The van der Waals surface area contributed by atoms with Gasteiger partial charge in [-0.25, -0.2) is 0 Å². The molecule has 0 aliphatic heterocycles. The second kappa shape index (κ2) is 11.9. The zero-order chi connectivity index (χ0) is 21.4. The van der Waals surface area contributed by atoms with Gasteiger partial charge in [-0.05, 0) is 50.0 Å². The molecule has 1 fully saturated rings. The van der Waals surface area contributed by atoms with E-state index in [0.29, 0.717) is 24.3 Å². The van der Waals surface area contributed by atoms with Gasteiger partial charge >= 0.3 is 0 Å². The predicted molar refractivity (Wildman–Crippen MR) is 118 cm³/mol. The van der Waals surface area contributed by atoms with E-state index in [2.05, 4.69) is 31.3 Å². The molecule has 6 atom stereocenters. The van der Waals surface area contributed by atoms with Crippen LogP contribution in [0.5, 0.6) is 0 Å². The second-order valence-corrected chi connectivity index (χ2v) is 9.39. The minimum absolute atomic E-state index is 0.0955. The van der Waals surface area contributed by atoms with E-state index in [1.165, 1.54) is 24.8 Å². The molecule has 5 nitrogen and oxygen atoms in total. The maximum atomic E-state index is 11.6. The fourth-order valence-electron chi connectivity index (χ4n) is 4.81. The highest BCUT2D eigenvalue weighted by Crippen LogP contribution is 2.47. The van der Waals surface area contributed by atoms with Crippen molar-refractivity contribution in [2.75, 3.05) is 27.2 Å². The van der Waals surface area contributed by atoms with Crippen molar-refractivity contribution in [1.82, 2.24) is 10.2 Å². The van der Waals surface area contributed by atoms with Crippen molar-refractivity contribution < 1.29 is 15.0 Å². The van der Waals surface area contributed by atoms with E-state index >= 15 is 0 Å². The Hall–Kier alpha value is -1.17. The zero-order valence-electron chi connectivity index (χ0n) is 18.8. The van der Waals surface area contributed by atoms with Crippen LogP contribution >= 0.6 is 0 Å². The van der Waals surface area contributed by atoms with Crippen molar-refractivity contribution in [1.29, 1.82) is 0 Å². The zero-order valence-corrected chi connectivity index (χ0v) is 18.8. The number of hydrogen-bond acceptors (Lipinski definition) is 4. The summed E-state index contributed by atoms with van der Waals surface area (Å²) >= 11 is 0. The molecule has 29 heavy (non-hydrogen) atoms. The molecule has 0 radical (unpaired) electrons. The number of nitrogens with one attached hydrogen (secondary N) is 1. The van der Waals surface area contributed by atoms with Crippen LogP contribution in [0.25, 0.3) is 0 Å². The number of allylic oxidation sites excluding steroid dienone is 1. The van der Waals surface area contributed by atoms with E-state index in [4.69, 9.17) is 0 Å². The molecule has 2 aliphatic rings. The number of fused-ring (bicyclic) bond motifs is 1. The number of hydrogen-bond donors (Lipinski definition) is 3.